The number of fused-ring (bicyclic) bond motifs is 3. The van der Waals surface area contributed by atoms with Crippen LogP contribution in [0, 0.1) is 0 Å². The third-order valence-electron chi connectivity index (χ3n) is 6.03. The maximum Gasteiger partial charge on any atom is 0.407 e. The third-order valence-corrected chi connectivity index (χ3v) is 6.03. The second-order valence-electron chi connectivity index (χ2n) is 10.1. The zero-order valence-corrected chi connectivity index (χ0v) is 21.6. The number of ether oxygens (including phenoxy) is 2. The van der Waals surface area contributed by atoms with E-state index in [9.17, 15) is 19.5 Å². The second kappa shape index (κ2) is 11.3. The Morgan fingerprint density at radius 3 is 2.16 bits per heavy atom. The van der Waals surface area contributed by atoms with Crippen LogP contribution in [0.5, 0.6) is 0 Å². The summed E-state index contributed by atoms with van der Waals surface area (Å²) in [6.45, 7) is 5.39. The number of amides is 1. The molecule has 9 nitrogen and oxygen atoms in total. The standard InChI is InChI=1S/C29H31N3O6/c1-29(2,3)38-26(33)16-31-25-13-12-18(15-30-25)14-24(27(34)35)32-28(36)37-17-23-21-10-6-4-8-19(21)20-9-5-7-11-22(20)23/h4-13,15,23-24H,14,16-17H2,1-3H3,(H,30,31)(H,32,36)(H,34,35)/t24-/m0/s1. The average Bonchev–Trinajstić information content (AvgIpc) is 3.19. The molecule has 1 heterocycles. The first-order valence-corrected chi connectivity index (χ1v) is 12.4. The minimum absolute atomic E-state index is 0.0128. The van der Waals surface area contributed by atoms with Gasteiger partial charge in [0.25, 0.3) is 0 Å². The molecule has 0 radical (unpaired) electrons. The van der Waals surface area contributed by atoms with Crippen LogP contribution >= 0.6 is 0 Å². The van der Waals surface area contributed by atoms with Crippen molar-refractivity contribution in [3.05, 3.63) is 83.6 Å². The minimum Gasteiger partial charge on any atom is -0.480 e. The molecular weight excluding hydrogens is 486 g/mol. The van der Waals surface area contributed by atoms with Gasteiger partial charge in [-0.3, -0.25) is 4.79 Å². The fourth-order valence-electron chi connectivity index (χ4n) is 4.41. The fraction of sp³-hybridized carbons (Fsp3) is 0.310. The Kier molecular flexibility index (Phi) is 7.95. The fourth-order valence-corrected chi connectivity index (χ4v) is 4.41. The Bertz CT molecular complexity index is 1270. The molecule has 3 N–H and O–H groups in total. The van der Waals surface area contributed by atoms with Crippen LogP contribution < -0.4 is 10.6 Å². The van der Waals surface area contributed by atoms with Gasteiger partial charge in [0.1, 0.15) is 30.6 Å². The molecule has 9 heteroatoms. The number of pyridine rings is 1. The molecule has 0 saturated heterocycles. The van der Waals surface area contributed by atoms with Gasteiger partial charge in [-0.15, -0.1) is 0 Å². The van der Waals surface area contributed by atoms with Crippen molar-refractivity contribution in [2.75, 3.05) is 18.5 Å². The first-order chi connectivity index (χ1) is 18.1. The number of hydrogen-bond acceptors (Lipinski definition) is 7. The first-order valence-electron chi connectivity index (χ1n) is 12.4. The molecule has 1 amide bonds. The largest absolute Gasteiger partial charge is 0.480 e. The molecule has 198 valence electrons. The Morgan fingerprint density at radius 2 is 1.61 bits per heavy atom. The van der Waals surface area contributed by atoms with Crippen molar-refractivity contribution >= 4 is 23.8 Å². The number of aliphatic carboxylic acids is 1. The number of carbonyl (C=O) groups is 3. The molecule has 0 saturated carbocycles. The SMILES string of the molecule is CC(C)(C)OC(=O)CNc1ccc(C[C@H](NC(=O)OCC2c3ccccc3-c3ccccc32)C(=O)O)cn1. The molecular formula is C29H31N3O6. The zero-order chi connectivity index (χ0) is 27.3. The monoisotopic (exact) mass is 517 g/mol. The number of carboxylic acids is 1. The number of alkyl carbamates (subject to hydrolysis) is 1. The van der Waals surface area contributed by atoms with Crippen LogP contribution in [0.1, 0.15) is 43.4 Å². The van der Waals surface area contributed by atoms with E-state index in [1.165, 1.54) is 6.20 Å². The van der Waals surface area contributed by atoms with Crippen molar-refractivity contribution in [2.24, 2.45) is 0 Å². The molecule has 0 spiro atoms. The number of carbonyl (C=O) groups excluding carboxylic acids is 2. The van der Waals surface area contributed by atoms with Crippen molar-refractivity contribution in [3.8, 4) is 11.1 Å². The highest BCUT2D eigenvalue weighted by atomic mass is 16.6. The third kappa shape index (κ3) is 6.67. The van der Waals surface area contributed by atoms with E-state index in [0.717, 1.165) is 22.3 Å². The van der Waals surface area contributed by atoms with Crippen molar-refractivity contribution < 1.29 is 29.0 Å². The Hall–Kier alpha value is -4.40. The van der Waals surface area contributed by atoms with Crippen molar-refractivity contribution in [1.82, 2.24) is 10.3 Å². The Morgan fingerprint density at radius 1 is 0.974 bits per heavy atom. The van der Waals surface area contributed by atoms with Crippen LogP contribution in [-0.4, -0.2) is 52.9 Å². The maximum absolute atomic E-state index is 12.6. The van der Waals surface area contributed by atoms with E-state index in [2.05, 4.69) is 15.6 Å². The van der Waals surface area contributed by atoms with E-state index >= 15 is 0 Å². The molecule has 1 aromatic heterocycles. The molecule has 3 aromatic rings. The normalized spacial score (nSPS) is 13.1. The van der Waals surface area contributed by atoms with E-state index in [-0.39, 0.29) is 25.5 Å². The lowest BCUT2D eigenvalue weighted by Crippen LogP contribution is -2.42. The highest BCUT2D eigenvalue weighted by molar-refractivity contribution is 5.81. The summed E-state index contributed by atoms with van der Waals surface area (Å²) >= 11 is 0. The highest BCUT2D eigenvalue weighted by Crippen LogP contribution is 2.44. The topological polar surface area (TPSA) is 127 Å². The summed E-state index contributed by atoms with van der Waals surface area (Å²) in [6, 6.07) is 18.1. The predicted molar refractivity (Wildman–Crippen MR) is 142 cm³/mol. The summed E-state index contributed by atoms with van der Waals surface area (Å²) < 4.78 is 10.7. The summed E-state index contributed by atoms with van der Waals surface area (Å²) in [5.41, 5.74) is 4.38. The summed E-state index contributed by atoms with van der Waals surface area (Å²) in [7, 11) is 0. The molecule has 38 heavy (non-hydrogen) atoms. The van der Waals surface area contributed by atoms with E-state index in [4.69, 9.17) is 9.47 Å². The van der Waals surface area contributed by atoms with E-state index in [1.54, 1.807) is 32.9 Å². The van der Waals surface area contributed by atoms with Crippen molar-refractivity contribution in [1.29, 1.82) is 0 Å². The molecule has 0 aliphatic heterocycles. The van der Waals surface area contributed by atoms with E-state index < -0.39 is 29.7 Å². The summed E-state index contributed by atoms with van der Waals surface area (Å²) in [6.07, 6.45) is 0.703. The summed E-state index contributed by atoms with van der Waals surface area (Å²) in [4.78, 5) is 40.5. The quantitative estimate of drug-likeness (QED) is 0.357. The number of nitrogens with one attached hydrogen (secondary N) is 2. The molecule has 0 bridgehead atoms. The zero-order valence-electron chi connectivity index (χ0n) is 21.6. The molecule has 4 rings (SSSR count). The Balaban J connectivity index is 1.31. The number of rotatable bonds is 9. The average molecular weight is 518 g/mol. The predicted octanol–water partition coefficient (Wildman–Crippen LogP) is 4.37. The number of benzene rings is 2. The number of aromatic nitrogens is 1. The molecule has 1 aliphatic carbocycles. The van der Waals surface area contributed by atoms with Crippen LogP contribution in [0.2, 0.25) is 0 Å². The summed E-state index contributed by atoms with van der Waals surface area (Å²) in [5.74, 6) is -1.29. The van der Waals surface area contributed by atoms with Gasteiger partial charge in [0.2, 0.25) is 0 Å². The number of esters is 1. The number of hydrogen-bond donors (Lipinski definition) is 3. The molecule has 0 fully saturated rings. The molecule has 2 aromatic carbocycles. The Labute approximate surface area is 221 Å². The van der Waals surface area contributed by atoms with E-state index in [0.29, 0.717) is 11.4 Å². The van der Waals surface area contributed by atoms with Crippen LogP contribution in [0.15, 0.2) is 66.9 Å². The van der Waals surface area contributed by atoms with Crippen LogP contribution in [0.3, 0.4) is 0 Å². The van der Waals surface area contributed by atoms with Gasteiger partial charge in [-0.05, 0) is 54.7 Å². The number of anilines is 1. The second-order valence-corrected chi connectivity index (χ2v) is 10.1. The molecule has 1 atom stereocenters. The van der Waals surface area contributed by atoms with Gasteiger partial charge in [-0.1, -0.05) is 54.6 Å². The van der Waals surface area contributed by atoms with Gasteiger partial charge in [0.15, 0.2) is 0 Å². The van der Waals surface area contributed by atoms with Gasteiger partial charge in [-0.2, -0.15) is 0 Å². The lowest BCUT2D eigenvalue weighted by atomic mass is 9.98. The number of carboxylic acid groups (broad SMARTS) is 1. The lowest BCUT2D eigenvalue weighted by Gasteiger charge is -2.19. The van der Waals surface area contributed by atoms with Crippen molar-refractivity contribution in [2.45, 2.75) is 44.8 Å². The summed E-state index contributed by atoms with van der Waals surface area (Å²) in [5, 5.41) is 15.0. The smallest absolute Gasteiger partial charge is 0.407 e. The number of nitrogens with zero attached hydrogens (tertiary/aromatic N) is 1. The van der Waals surface area contributed by atoms with Crippen LogP contribution in [-0.2, 0) is 25.5 Å². The van der Waals surface area contributed by atoms with Gasteiger partial charge in [0, 0.05) is 18.5 Å². The minimum atomic E-state index is -1.20. The van der Waals surface area contributed by atoms with Crippen LogP contribution in [0.25, 0.3) is 11.1 Å². The highest BCUT2D eigenvalue weighted by Gasteiger charge is 2.30. The van der Waals surface area contributed by atoms with Gasteiger partial charge >= 0.3 is 18.0 Å². The van der Waals surface area contributed by atoms with Crippen molar-refractivity contribution in [3.63, 3.8) is 0 Å². The van der Waals surface area contributed by atoms with Crippen LogP contribution in [0.4, 0.5) is 10.6 Å². The van der Waals surface area contributed by atoms with Gasteiger partial charge < -0.3 is 25.2 Å². The van der Waals surface area contributed by atoms with Gasteiger partial charge in [-0.25, -0.2) is 14.6 Å². The molecule has 1 aliphatic rings. The maximum atomic E-state index is 12.6. The van der Waals surface area contributed by atoms with E-state index in [1.807, 2.05) is 48.5 Å². The first kappa shape index (κ1) is 26.7. The molecule has 0 unspecified atom stereocenters. The lowest BCUT2D eigenvalue weighted by molar-refractivity contribution is -0.152. The van der Waals surface area contributed by atoms with Gasteiger partial charge in [0.05, 0.1) is 0 Å².